The molecule has 3 rings (SSSR count). The van der Waals surface area contributed by atoms with E-state index in [4.69, 9.17) is 25.8 Å². The number of carbonyl (C=O) groups excluding carboxylic acids is 1. The van der Waals surface area contributed by atoms with E-state index in [-0.39, 0.29) is 33.6 Å². The smallest absolute Gasteiger partial charge is 0.432 e. The van der Waals surface area contributed by atoms with Gasteiger partial charge in [-0.15, -0.1) is 0 Å². The maximum atomic E-state index is 14.8. The number of esters is 1. The first-order valence-electron chi connectivity index (χ1n) is 9.75. The molecule has 2 aromatic heterocycles. The molecule has 1 N–H and O–H groups in total. The fourth-order valence-electron chi connectivity index (χ4n) is 3.01. The van der Waals surface area contributed by atoms with Crippen LogP contribution >= 0.6 is 11.6 Å². The van der Waals surface area contributed by atoms with Gasteiger partial charge in [0.25, 0.3) is 11.4 Å². The van der Waals surface area contributed by atoms with Gasteiger partial charge >= 0.3 is 17.8 Å². The second-order valence-corrected chi connectivity index (χ2v) is 7.21. The second-order valence-electron chi connectivity index (χ2n) is 6.80. The Kier molecular flexibility index (Phi) is 7.48. The summed E-state index contributed by atoms with van der Waals surface area (Å²) in [6.45, 7) is 1.19. The van der Waals surface area contributed by atoms with Gasteiger partial charge in [0.05, 0.1) is 17.2 Å². The molecule has 0 aliphatic heterocycles. The third kappa shape index (κ3) is 5.62. The lowest BCUT2D eigenvalue weighted by Gasteiger charge is -2.17. The summed E-state index contributed by atoms with van der Waals surface area (Å²) >= 11 is 6.02. The number of H-pyrrole nitrogens is 1. The van der Waals surface area contributed by atoms with Crippen LogP contribution in [0.3, 0.4) is 0 Å². The van der Waals surface area contributed by atoms with E-state index in [2.05, 4.69) is 4.98 Å². The topological polar surface area (TPSA) is 113 Å². The lowest BCUT2D eigenvalue weighted by Crippen LogP contribution is -2.35. The van der Waals surface area contributed by atoms with Gasteiger partial charge in [0.2, 0.25) is 0 Å². The number of ether oxygens (including phenoxy) is 3. The largest absolute Gasteiger partial charge is 0.463 e. The highest BCUT2D eigenvalue weighted by Gasteiger charge is 2.39. The molecule has 0 radical (unpaired) electrons. The Hall–Kier alpha value is -3.87. The summed E-state index contributed by atoms with van der Waals surface area (Å²) in [4.78, 5) is 41.2. The Labute approximate surface area is 198 Å². The molecule has 0 aliphatic rings. The Bertz CT molecular complexity index is 1390. The van der Waals surface area contributed by atoms with Gasteiger partial charge in [0.15, 0.2) is 12.4 Å². The first-order valence-corrected chi connectivity index (χ1v) is 10.1. The third-order valence-electron chi connectivity index (χ3n) is 4.47. The second kappa shape index (κ2) is 10.2. The van der Waals surface area contributed by atoms with Gasteiger partial charge in [-0.2, -0.15) is 13.2 Å². The zero-order valence-electron chi connectivity index (χ0n) is 18.0. The Balaban J connectivity index is 2.10. The summed E-state index contributed by atoms with van der Waals surface area (Å²) in [7, 11) is 0.776. The molecule has 0 atom stereocenters. The van der Waals surface area contributed by atoms with E-state index in [1.165, 1.54) is 18.3 Å². The first kappa shape index (κ1) is 25.7. The van der Waals surface area contributed by atoms with E-state index in [0.717, 1.165) is 13.1 Å². The highest BCUT2D eigenvalue weighted by molar-refractivity contribution is 6.32. The lowest BCUT2D eigenvalue weighted by molar-refractivity contribution is -0.145. The normalized spacial score (nSPS) is 11.3. The van der Waals surface area contributed by atoms with E-state index < -0.39 is 52.6 Å². The number of carbonyl (C=O) groups is 1. The quantitative estimate of drug-likeness (QED) is 0.376. The van der Waals surface area contributed by atoms with Gasteiger partial charge in [-0.1, -0.05) is 11.6 Å². The minimum atomic E-state index is -5.18. The number of hydrogen-bond donors (Lipinski definition) is 1. The molecule has 3 aromatic rings. The van der Waals surface area contributed by atoms with Crippen molar-refractivity contribution in [1.82, 2.24) is 14.5 Å². The molecule has 0 fully saturated rings. The average Bonchev–Trinajstić information content (AvgIpc) is 2.77. The van der Waals surface area contributed by atoms with Crippen molar-refractivity contribution >= 4 is 17.6 Å². The number of hydrogen-bond acceptors (Lipinski definition) is 7. The van der Waals surface area contributed by atoms with Crippen LogP contribution in [0.4, 0.5) is 17.6 Å². The fraction of sp³-hybridized carbons (Fsp3) is 0.238. The van der Waals surface area contributed by atoms with Crippen LogP contribution in [0.15, 0.2) is 40.1 Å². The molecule has 0 saturated heterocycles. The van der Waals surface area contributed by atoms with Crippen molar-refractivity contribution in [3.05, 3.63) is 67.8 Å². The summed E-state index contributed by atoms with van der Waals surface area (Å²) < 4.78 is 71.6. The molecule has 0 spiro atoms. The molecule has 14 heteroatoms. The summed E-state index contributed by atoms with van der Waals surface area (Å²) in [5.41, 5.74) is -6.45. The molecular formula is C21H16ClF4N3O6. The molecule has 35 heavy (non-hydrogen) atoms. The van der Waals surface area contributed by atoms with E-state index in [0.29, 0.717) is 6.07 Å². The van der Waals surface area contributed by atoms with E-state index in [9.17, 15) is 31.9 Å². The van der Waals surface area contributed by atoms with Crippen LogP contribution in [-0.2, 0) is 22.8 Å². The Morgan fingerprint density at radius 2 is 1.94 bits per heavy atom. The summed E-state index contributed by atoms with van der Waals surface area (Å²) in [5, 5.41) is -0.360. The van der Waals surface area contributed by atoms with Crippen LogP contribution in [0.1, 0.15) is 12.6 Å². The van der Waals surface area contributed by atoms with E-state index >= 15 is 0 Å². The molecule has 2 heterocycles. The molecule has 0 unspecified atom stereocenters. The maximum absolute atomic E-state index is 14.8. The minimum Gasteiger partial charge on any atom is -0.463 e. The number of nitrogens with zero attached hydrogens (tertiary/aromatic N) is 2. The van der Waals surface area contributed by atoms with Crippen molar-refractivity contribution in [2.75, 3.05) is 13.2 Å². The highest BCUT2D eigenvalue weighted by atomic mass is 35.5. The Morgan fingerprint density at radius 3 is 2.60 bits per heavy atom. The molecule has 0 aliphatic carbocycles. The number of benzene rings is 1. The predicted octanol–water partition coefficient (Wildman–Crippen LogP) is 3.68. The van der Waals surface area contributed by atoms with Gasteiger partial charge < -0.3 is 14.2 Å². The Morgan fingerprint density at radius 1 is 1.23 bits per heavy atom. The number of nitrogens with one attached hydrogen (secondary N) is 1. The number of alkyl halides is 3. The number of aromatic amines is 1. The van der Waals surface area contributed by atoms with Crippen molar-refractivity contribution in [2.24, 2.45) is 7.05 Å². The molecule has 186 valence electrons. The minimum absolute atomic E-state index is 0.117. The zero-order chi connectivity index (χ0) is 25.9. The summed E-state index contributed by atoms with van der Waals surface area (Å²) in [6.07, 6.45) is -3.87. The van der Waals surface area contributed by atoms with Crippen molar-refractivity contribution in [3.63, 3.8) is 0 Å². The van der Waals surface area contributed by atoms with Gasteiger partial charge in [0.1, 0.15) is 17.3 Å². The average molecular weight is 518 g/mol. The SMILES string of the molecule is CCOC(=O)COc1ncccc1Oc1cc(-c2c(C(F)(F)F)n(C)c(=O)[nH]c2=O)c(F)cc1Cl. The van der Waals surface area contributed by atoms with Crippen LogP contribution in [0.2, 0.25) is 5.02 Å². The van der Waals surface area contributed by atoms with Crippen LogP contribution in [0, 0.1) is 5.82 Å². The summed E-state index contributed by atoms with van der Waals surface area (Å²) in [6, 6.07) is 4.17. The van der Waals surface area contributed by atoms with Gasteiger partial charge in [-0.05, 0) is 31.2 Å². The van der Waals surface area contributed by atoms with Crippen LogP contribution in [0.25, 0.3) is 11.1 Å². The van der Waals surface area contributed by atoms with E-state index in [1.807, 2.05) is 0 Å². The standard InChI is InChI=1S/C21H16ClF4N3O6/c1-3-33-15(30)9-34-19-13(5-4-6-27-19)35-14-7-10(12(23)8-11(14)22)16-17(21(24,25)26)29(2)20(32)28-18(16)31/h4-8H,3,9H2,1-2H3,(H,28,31,32). The predicted molar refractivity (Wildman–Crippen MR) is 114 cm³/mol. The molecule has 0 amide bonds. The van der Waals surface area contributed by atoms with Crippen LogP contribution < -0.4 is 20.7 Å². The lowest BCUT2D eigenvalue weighted by atomic mass is 10.0. The first-order chi connectivity index (χ1) is 16.4. The molecule has 1 aromatic carbocycles. The fourth-order valence-corrected chi connectivity index (χ4v) is 3.20. The molecule has 0 saturated carbocycles. The summed E-state index contributed by atoms with van der Waals surface area (Å²) in [5.74, 6) is -2.65. The van der Waals surface area contributed by atoms with Crippen LogP contribution in [0.5, 0.6) is 17.4 Å². The van der Waals surface area contributed by atoms with Crippen LogP contribution in [-0.4, -0.2) is 33.7 Å². The number of rotatable bonds is 7. The molecule has 0 bridgehead atoms. The van der Waals surface area contributed by atoms with Crippen molar-refractivity contribution in [3.8, 4) is 28.5 Å². The third-order valence-corrected chi connectivity index (χ3v) is 4.77. The van der Waals surface area contributed by atoms with Gasteiger partial charge in [0, 0.05) is 18.8 Å². The molecule has 9 nitrogen and oxygen atoms in total. The zero-order valence-corrected chi connectivity index (χ0v) is 18.8. The monoisotopic (exact) mass is 517 g/mol. The molecular weight excluding hydrogens is 502 g/mol. The number of halogens is 5. The van der Waals surface area contributed by atoms with Crippen molar-refractivity contribution in [1.29, 1.82) is 0 Å². The van der Waals surface area contributed by atoms with Gasteiger partial charge in [-0.3, -0.25) is 14.3 Å². The number of pyridine rings is 1. The maximum Gasteiger partial charge on any atom is 0.432 e. The van der Waals surface area contributed by atoms with Crippen molar-refractivity contribution < 1.29 is 36.6 Å². The highest BCUT2D eigenvalue weighted by Crippen LogP contribution is 2.40. The van der Waals surface area contributed by atoms with E-state index in [1.54, 1.807) is 11.9 Å². The number of aromatic nitrogens is 3. The van der Waals surface area contributed by atoms with Crippen molar-refractivity contribution in [2.45, 2.75) is 13.1 Å². The van der Waals surface area contributed by atoms with Gasteiger partial charge in [-0.25, -0.2) is 19.0 Å².